The van der Waals surface area contributed by atoms with Crippen LogP contribution < -0.4 is 0 Å². The minimum Gasteiger partial charge on any atom is -0.299 e. The Bertz CT molecular complexity index is 390. The van der Waals surface area contributed by atoms with Gasteiger partial charge in [0.25, 0.3) is 0 Å². The highest BCUT2D eigenvalue weighted by Crippen LogP contribution is 2.22. The van der Waals surface area contributed by atoms with E-state index in [9.17, 15) is 4.79 Å². The van der Waals surface area contributed by atoms with Gasteiger partial charge in [0.1, 0.15) is 5.78 Å². The van der Waals surface area contributed by atoms with Crippen molar-refractivity contribution in [3.8, 4) is 0 Å². The summed E-state index contributed by atoms with van der Waals surface area (Å²) in [6.45, 7) is 2.20. The molecule has 1 nitrogen and oxygen atoms in total. The lowest BCUT2D eigenvalue weighted by molar-refractivity contribution is -0.118. The zero-order chi connectivity index (χ0) is 13.4. The van der Waals surface area contributed by atoms with Crippen LogP contribution in [0.25, 0.3) is 0 Å². The number of rotatable bonds is 8. The van der Waals surface area contributed by atoms with Gasteiger partial charge >= 0.3 is 0 Å². The van der Waals surface area contributed by atoms with Gasteiger partial charge < -0.3 is 0 Å². The monoisotopic (exact) mass is 330 g/mol. The van der Waals surface area contributed by atoms with Crippen LogP contribution in [0.3, 0.4) is 0 Å². The second-order valence-electron chi connectivity index (χ2n) is 4.62. The third-order valence-electron chi connectivity index (χ3n) is 2.96. The number of Topliss-reactive ketones (excluding diaryl/α,β-unsaturated/α-hetero) is 1. The summed E-state index contributed by atoms with van der Waals surface area (Å²) in [7, 11) is 0. The van der Waals surface area contributed by atoms with E-state index < -0.39 is 0 Å². The summed E-state index contributed by atoms with van der Waals surface area (Å²) >= 11 is 9.45. The number of carbonyl (C=O) groups excluding carboxylic acids is 1. The largest absolute Gasteiger partial charge is 0.299 e. The van der Waals surface area contributed by atoms with E-state index in [1.54, 1.807) is 0 Å². The zero-order valence-electron chi connectivity index (χ0n) is 10.8. The average molecular weight is 332 g/mol. The lowest BCUT2D eigenvalue weighted by atomic mass is 10.0. The molecule has 0 aliphatic heterocycles. The van der Waals surface area contributed by atoms with Gasteiger partial charge in [-0.05, 0) is 24.1 Å². The first-order valence-electron chi connectivity index (χ1n) is 6.59. The van der Waals surface area contributed by atoms with Gasteiger partial charge in [-0.15, -0.1) is 0 Å². The highest BCUT2D eigenvalue weighted by atomic mass is 79.9. The van der Waals surface area contributed by atoms with Crippen LogP contribution in [0.1, 0.15) is 51.0 Å². The van der Waals surface area contributed by atoms with E-state index >= 15 is 0 Å². The SMILES string of the molecule is CCCCCCCC(=O)Cc1ccc(Br)cc1Cl. The maximum atomic E-state index is 11.8. The minimum absolute atomic E-state index is 0.288. The molecular weight excluding hydrogens is 312 g/mol. The zero-order valence-corrected chi connectivity index (χ0v) is 13.2. The Morgan fingerprint density at radius 1 is 1.22 bits per heavy atom. The van der Waals surface area contributed by atoms with Gasteiger partial charge in [0.05, 0.1) is 0 Å². The molecule has 0 amide bonds. The summed E-state index contributed by atoms with van der Waals surface area (Å²) in [5, 5.41) is 0.670. The Morgan fingerprint density at radius 3 is 2.61 bits per heavy atom. The van der Waals surface area contributed by atoms with Gasteiger partial charge in [0, 0.05) is 22.3 Å². The molecule has 0 spiro atoms. The molecule has 100 valence electrons. The normalized spacial score (nSPS) is 10.6. The van der Waals surface area contributed by atoms with Gasteiger partial charge in [0.15, 0.2) is 0 Å². The molecular formula is C15H20BrClO. The number of ketones is 1. The van der Waals surface area contributed by atoms with E-state index in [1.165, 1.54) is 19.3 Å². The van der Waals surface area contributed by atoms with E-state index in [0.717, 1.165) is 22.9 Å². The summed E-state index contributed by atoms with van der Waals surface area (Å²) in [5.41, 5.74) is 0.929. The van der Waals surface area contributed by atoms with Crippen molar-refractivity contribution in [1.82, 2.24) is 0 Å². The Labute approximate surface area is 123 Å². The molecule has 0 saturated heterocycles. The number of hydrogen-bond acceptors (Lipinski definition) is 1. The topological polar surface area (TPSA) is 17.1 Å². The van der Waals surface area contributed by atoms with Crippen molar-refractivity contribution in [1.29, 1.82) is 0 Å². The molecule has 0 radical (unpaired) electrons. The van der Waals surface area contributed by atoms with E-state index in [2.05, 4.69) is 22.9 Å². The summed E-state index contributed by atoms with van der Waals surface area (Å²) in [6, 6.07) is 5.68. The van der Waals surface area contributed by atoms with Crippen LogP contribution in [0.4, 0.5) is 0 Å². The molecule has 0 heterocycles. The van der Waals surface area contributed by atoms with Crippen LogP contribution in [0.5, 0.6) is 0 Å². The first-order chi connectivity index (χ1) is 8.63. The molecule has 3 heteroatoms. The van der Waals surface area contributed by atoms with E-state index in [-0.39, 0.29) is 5.78 Å². The van der Waals surface area contributed by atoms with Crippen LogP contribution in [0.15, 0.2) is 22.7 Å². The van der Waals surface area contributed by atoms with Gasteiger partial charge in [0.2, 0.25) is 0 Å². The Balaban J connectivity index is 2.31. The maximum Gasteiger partial charge on any atom is 0.137 e. The second kappa shape index (κ2) is 8.71. The Kier molecular flexibility index (Phi) is 7.60. The van der Waals surface area contributed by atoms with E-state index in [0.29, 0.717) is 17.9 Å². The first kappa shape index (κ1) is 15.7. The van der Waals surface area contributed by atoms with Gasteiger partial charge in [-0.2, -0.15) is 0 Å². The van der Waals surface area contributed by atoms with Gasteiger partial charge in [-0.25, -0.2) is 0 Å². The molecule has 1 aromatic carbocycles. The summed E-state index contributed by atoms with van der Waals surface area (Å²) in [6.07, 6.45) is 7.05. The minimum atomic E-state index is 0.288. The number of carbonyl (C=O) groups is 1. The molecule has 0 unspecified atom stereocenters. The van der Waals surface area contributed by atoms with Crippen LogP contribution in [0.2, 0.25) is 5.02 Å². The number of hydrogen-bond donors (Lipinski definition) is 0. The smallest absolute Gasteiger partial charge is 0.137 e. The Morgan fingerprint density at radius 2 is 1.94 bits per heavy atom. The van der Waals surface area contributed by atoms with Crippen molar-refractivity contribution < 1.29 is 4.79 Å². The fourth-order valence-electron chi connectivity index (χ4n) is 1.89. The summed E-state index contributed by atoms with van der Waals surface area (Å²) in [4.78, 5) is 11.8. The molecule has 0 N–H and O–H groups in total. The molecule has 0 aliphatic rings. The standard InChI is InChI=1S/C15H20BrClO/c1-2-3-4-5-6-7-14(18)10-12-8-9-13(16)11-15(12)17/h8-9,11H,2-7,10H2,1H3. The highest BCUT2D eigenvalue weighted by Gasteiger charge is 2.07. The van der Waals surface area contributed by atoms with Gasteiger partial charge in [-0.1, -0.05) is 66.2 Å². The van der Waals surface area contributed by atoms with Crippen LogP contribution in [-0.4, -0.2) is 5.78 Å². The number of benzene rings is 1. The van der Waals surface area contributed by atoms with Crippen LogP contribution >= 0.6 is 27.5 Å². The van der Waals surface area contributed by atoms with Crippen molar-refractivity contribution in [2.24, 2.45) is 0 Å². The maximum absolute atomic E-state index is 11.8. The number of halogens is 2. The van der Waals surface area contributed by atoms with Crippen molar-refractivity contribution in [2.45, 2.75) is 51.9 Å². The third kappa shape index (κ3) is 6.01. The molecule has 18 heavy (non-hydrogen) atoms. The van der Waals surface area contributed by atoms with Crippen molar-refractivity contribution >= 4 is 33.3 Å². The molecule has 1 aromatic rings. The average Bonchev–Trinajstić information content (AvgIpc) is 2.32. The van der Waals surface area contributed by atoms with E-state index in [1.807, 2.05) is 18.2 Å². The second-order valence-corrected chi connectivity index (χ2v) is 5.94. The lowest BCUT2D eigenvalue weighted by Crippen LogP contribution is -2.03. The molecule has 0 aromatic heterocycles. The quantitative estimate of drug-likeness (QED) is 0.569. The van der Waals surface area contributed by atoms with Crippen LogP contribution in [0, 0.1) is 0 Å². The molecule has 0 saturated carbocycles. The summed E-state index contributed by atoms with van der Waals surface area (Å²) in [5.74, 6) is 0.288. The van der Waals surface area contributed by atoms with E-state index in [4.69, 9.17) is 11.6 Å². The number of unbranched alkanes of at least 4 members (excludes halogenated alkanes) is 4. The fraction of sp³-hybridized carbons (Fsp3) is 0.533. The summed E-state index contributed by atoms with van der Waals surface area (Å²) < 4.78 is 0.947. The van der Waals surface area contributed by atoms with Gasteiger partial charge in [-0.3, -0.25) is 4.79 Å². The first-order valence-corrected chi connectivity index (χ1v) is 7.76. The molecule has 0 fully saturated rings. The molecule has 0 atom stereocenters. The predicted octanol–water partition coefficient (Wildman–Crippen LogP) is 5.57. The van der Waals surface area contributed by atoms with Crippen LogP contribution in [-0.2, 0) is 11.2 Å². The molecule has 0 aliphatic carbocycles. The highest BCUT2D eigenvalue weighted by molar-refractivity contribution is 9.10. The predicted molar refractivity (Wildman–Crippen MR) is 81.2 cm³/mol. The van der Waals surface area contributed by atoms with Crippen molar-refractivity contribution in [3.63, 3.8) is 0 Å². The molecule has 0 bridgehead atoms. The van der Waals surface area contributed by atoms with Crippen molar-refractivity contribution in [3.05, 3.63) is 33.3 Å². The molecule has 1 rings (SSSR count). The third-order valence-corrected chi connectivity index (χ3v) is 3.81. The Hall–Kier alpha value is -0.340. The van der Waals surface area contributed by atoms with Crippen molar-refractivity contribution in [2.75, 3.05) is 0 Å². The fourth-order valence-corrected chi connectivity index (χ4v) is 2.63. The lowest BCUT2D eigenvalue weighted by Gasteiger charge is -2.04.